The van der Waals surface area contributed by atoms with Crippen LogP contribution in [0.25, 0.3) is 0 Å². The second kappa shape index (κ2) is 8.49. The molecule has 1 aliphatic heterocycles. The molecule has 0 radical (unpaired) electrons. The Morgan fingerprint density at radius 2 is 2.21 bits per heavy atom. The molecular formula is C19H25N5O4. The Morgan fingerprint density at radius 3 is 2.89 bits per heavy atom. The topological polar surface area (TPSA) is 120 Å². The van der Waals surface area contributed by atoms with E-state index >= 15 is 0 Å². The molecule has 2 aromatic rings. The smallest absolute Gasteiger partial charge is 0.274 e. The maximum Gasteiger partial charge on any atom is 0.274 e. The van der Waals surface area contributed by atoms with Gasteiger partial charge in [0.25, 0.3) is 11.8 Å². The van der Waals surface area contributed by atoms with E-state index in [1.54, 1.807) is 24.3 Å². The van der Waals surface area contributed by atoms with E-state index in [0.717, 1.165) is 5.69 Å². The van der Waals surface area contributed by atoms with Gasteiger partial charge >= 0.3 is 0 Å². The highest BCUT2D eigenvalue weighted by atomic mass is 16.5. The summed E-state index contributed by atoms with van der Waals surface area (Å²) in [5, 5.41) is 20.5. The van der Waals surface area contributed by atoms with E-state index in [4.69, 9.17) is 4.74 Å². The van der Waals surface area contributed by atoms with Crippen molar-refractivity contribution in [2.45, 2.75) is 25.4 Å². The minimum absolute atomic E-state index is 0.0110. The van der Waals surface area contributed by atoms with Gasteiger partial charge in [-0.1, -0.05) is 19.9 Å². The Labute approximate surface area is 163 Å². The first-order valence-corrected chi connectivity index (χ1v) is 9.22. The molecular weight excluding hydrogens is 362 g/mol. The number of aromatic amines is 1. The molecule has 1 aliphatic rings. The lowest BCUT2D eigenvalue weighted by molar-refractivity contribution is -0.0324. The van der Waals surface area contributed by atoms with Crippen LogP contribution in [-0.2, 0) is 4.74 Å². The van der Waals surface area contributed by atoms with Gasteiger partial charge < -0.3 is 20.1 Å². The van der Waals surface area contributed by atoms with Gasteiger partial charge in [0.2, 0.25) is 0 Å². The SMILES string of the molecule is CC(C)c1cc(C(=O)N2CCOC[C@](O)(CNC(=O)c3ccccn3)C2)n[nH]1. The summed E-state index contributed by atoms with van der Waals surface area (Å²) in [5.41, 5.74) is 0.0115. The van der Waals surface area contributed by atoms with Crippen LogP contribution in [0.2, 0.25) is 0 Å². The highest BCUT2D eigenvalue weighted by Crippen LogP contribution is 2.17. The molecule has 3 N–H and O–H groups in total. The summed E-state index contributed by atoms with van der Waals surface area (Å²) in [7, 11) is 0. The zero-order valence-corrected chi connectivity index (χ0v) is 16.0. The van der Waals surface area contributed by atoms with Gasteiger partial charge in [-0.3, -0.25) is 19.7 Å². The molecule has 2 aromatic heterocycles. The first-order valence-electron chi connectivity index (χ1n) is 9.22. The fourth-order valence-corrected chi connectivity index (χ4v) is 2.93. The summed E-state index contributed by atoms with van der Waals surface area (Å²) in [6, 6.07) is 6.73. The fourth-order valence-electron chi connectivity index (χ4n) is 2.93. The average molecular weight is 387 g/mol. The quantitative estimate of drug-likeness (QED) is 0.690. The van der Waals surface area contributed by atoms with Crippen molar-refractivity contribution in [3.05, 3.63) is 47.5 Å². The Kier molecular flexibility index (Phi) is 6.05. The Bertz CT molecular complexity index is 823. The number of carbonyl (C=O) groups excluding carboxylic acids is 2. The van der Waals surface area contributed by atoms with E-state index in [1.807, 2.05) is 13.8 Å². The third-order valence-electron chi connectivity index (χ3n) is 4.56. The zero-order valence-electron chi connectivity index (χ0n) is 16.0. The van der Waals surface area contributed by atoms with E-state index < -0.39 is 11.5 Å². The molecule has 3 rings (SSSR count). The third kappa shape index (κ3) is 4.73. The minimum atomic E-state index is -1.41. The van der Waals surface area contributed by atoms with Crippen molar-refractivity contribution < 1.29 is 19.4 Å². The number of aliphatic hydroxyl groups is 1. The van der Waals surface area contributed by atoms with Crippen LogP contribution < -0.4 is 5.32 Å². The van der Waals surface area contributed by atoms with E-state index in [-0.39, 0.29) is 37.2 Å². The van der Waals surface area contributed by atoms with E-state index in [0.29, 0.717) is 18.8 Å². The normalized spacial score (nSPS) is 20.1. The lowest BCUT2D eigenvalue weighted by Gasteiger charge is -2.30. The van der Waals surface area contributed by atoms with Gasteiger partial charge in [-0.2, -0.15) is 5.10 Å². The Morgan fingerprint density at radius 1 is 1.39 bits per heavy atom. The number of aromatic nitrogens is 3. The van der Waals surface area contributed by atoms with Crippen LogP contribution in [0.4, 0.5) is 0 Å². The molecule has 0 aliphatic carbocycles. The van der Waals surface area contributed by atoms with Crippen LogP contribution >= 0.6 is 0 Å². The van der Waals surface area contributed by atoms with Crippen molar-refractivity contribution >= 4 is 11.8 Å². The van der Waals surface area contributed by atoms with Crippen LogP contribution in [-0.4, -0.2) is 75.5 Å². The maximum atomic E-state index is 12.8. The van der Waals surface area contributed by atoms with Gasteiger partial charge in [-0.05, 0) is 24.1 Å². The average Bonchev–Trinajstić information content (AvgIpc) is 3.11. The van der Waals surface area contributed by atoms with Gasteiger partial charge in [0.15, 0.2) is 0 Å². The number of nitrogens with one attached hydrogen (secondary N) is 2. The van der Waals surface area contributed by atoms with Crippen LogP contribution in [0.15, 0.2) is 30.5 Å². The van der Waals surface area contributed by atoms with Gasteiger partial charge in [0.1, 0.15) is 17.0 Å². The number of pyridine rings is 1. The van der Waals surface area contributed by atoms with Crippen molar-refractivity contribution in [3.63, 3.8) is 0 Å². The van der Waals surface area contributed by atoms with Crippen LogP contribution in [0, 0.1) is 0 Å². The largest absolute Gasteiger partial charge is 0.384 e. The monoisotopic (exact) mass is 387 g/mol. The molecule has 150 valence electrons. The highest BCUT2D eigenvalue weighted by Gasteiger charge is 2.35. The molecule has 28 heavy (non-hydrogen) atoms. The molecule has 1 fully saturated rings. The second-order valence-electron chi connectivity index (χ2n) is 7.26. The molecule has 1 atom stereocenters. The number of rotatable bonds is 5. The summed E-state index contributed by atoms with van der Waals surface area (Å²) in [6.45, 7) is 4.61. The molecule has 1 saturated heterocycles. The van der Waals surface area contributed by atoms with E-state index in [9.17, 15) is 14.7 Å². The van der Waals surface area contributed by atoms with Crippen molar-refractivity contribution in [1.82, 2.24) is 25.4 Å². The summed E-state index contributed by atoms with van der Waals surface area (Å²) in [4.78, 5) is 30.5. The van der Waals surface area contributed by atoms with Crippen LogP contribution in [0.1, 0.15) is 46.4 Å². The van der Waals surface area contributed by atoms with Gasteiger partial charge in [-0.15, -0.1) is 0 Å². The summed E-state index contributed by atoms with van der Waals surface area (Å²) >= 11 is 0. The lowest BCUT2D eigenvalue weighted by atomic mass is 10.0. The number of H-pyrrole nitrogens is 1. The minimum Gasteiger partial charge on any atom is -0.384 e. The first-order chi connectivity index (χ1) is 13.4. The van der Waals surface area contributed by atoms with Crippen molar-refractivity contribution in [2.75, 3.05) is 32.8 Å². The predicted molar refractivity (Wildman–Crippen MR) is 101 cm³/mol. The van der Waals surface area contributed by atoms with E-state index in [2.05, 4.69) is 20.5 Å². The number of hydrogen-bond acceptors (Lipinski definition) is 6. The second-order valence-corrected chi connectivity index (χ2v) is 7.26. The van der Waals surface area contributed by atoms with Gasteiger partial charge in [-0.25, -0.2) is 0 Å². The van der Waals surface area contributed by atoms with Gasteiger partial charge in [0.05, 0.1) is 26.3 Å². The zero-order chi connectivity index (χ0) is 20.1. The highest BCUT2D eigenvalue weighted by molar-refractivity contribution is 5.93. The standard InChI is InChI=1S/C19H25N5O4/c1-13(2)15-9-16(23-22-15)18(26)24-7-8-28-12-19(27,11-24)10-21-17(25)14-5-3-4-6-20-14/h3-6,9,13,27H,7-8,10-12H2,1-2H3,(H,21,25)(H,22,23)/t19-/m0/s1. The molecule has 9 heteroatoms. The number of β-amino-alcohol motifs (C(OH)–C–C–N with tert-alkyl or cyclic N) is 1. The first kappa shape index (κ1) is 20.0. The summed E-state index contributed by atoms with van der Waals surface area (Å²) in [5.74, 6) is -0.464. The third-order valence-corrected chi connectivity index (χ3v) is 4.56. The maximum absolute atomic E-state index is 12.8. The predicted octanol–water partition coefficient (Wildman–Crippen LogP) is 0.562. The summed E-state index contributed by atoms with van der Waals surface area (Å²) in [6.07, 6.45) is 1.52. The number of ether oxygens (including phenoxy) is 1. The van der Waals surface area contributed by atoms with Crippen molar-refractivity contribution in [2.24, 2.45) is 0 Å². The summed E-state index contributed by atoms with van der Waals surface area (Å²) < 4.78 is 5.47. The van der Waals surface area contributed by atoms with E-state index in [1.165, 1.54) is 11.1 Å². The Balaban J connectivity index is 1.66. The molecule has 0 aromatic carbocycles. The number of carbonyl (C=O) groups is 2. The molecule has 0 spiro atoms. The van der Waals surface area contributed by atoms with Gasteiger partial charge in [0, 0.05) is 18.4 Å². The number of amides is 2. The molecule has 2 amide bonds. The molecule has 9 nitrogen and oxygen atoms in total. The Hall–Kier alpha value is -2.78. The molecule has 3 heterocycles. The lowest BCUT2D eigenvalue weighted by Crippen LogP contribution is -2.53. The van der Waals surface area contributed by atoms with Crippen molar-refractivity contribution in [3.8, 4) is 0 Å². The van der Waals surface area contributed by atoms with Crippen LogP contribution in [0.3, 0.4) is 0 Å². The fraction of sp³-hybridized carbons (Fsp3) is 0.474. The number of hydrogen-bond donors (Lipinski definition) is 3. The molecule has 0 saturated carbocycles. The van der Waals surface area contributed by atoms with Crippen molar-refractivity contribution in [1.29, 1.82) is 0 Å². The number of nitrogens with zero attached hydrogens (tertiary/aromatic N) is 3. The van der Waals surface area contributed by atoms with Crippen LogP contribution in [0.5, 0.6) is 0 Å². The molecule has 0 bridgehead atoms. The molecule has 0 unspecified atom stereocenters.